The number of carbonyl (C=O) groups is 1. The first kappa shape index (κ1) is 24.6. The number of rotatable bonds is 5. The van der Waals surface area contributed by atoms with E-state index >= 15 is 0 Å². The lowest BCUT2D eigenvalue weighted by molar-refractivity contribution is -0.136. The Hall–Kier alpha value is -1.13. The van der Waals surface area contributed by atoms with E-state index in [0.29, 0.717) is 23.7 Å². The van der Waals surface area contributed by atoms with Crippen molar-refractivity contribution in [3.63, 3.8) is 0 Å². The molecule has 1 unspecified atom stereocenters. The van der Waals surface area contributed by atoms with Gasteiger partial charge in [-0.15, -0.1) is 0 Å². The molecule has 2 N–H and O–H groups in total. The zero-order valence-electron chi connectivity index (χ0n) is 21.9. The van der Waals surface area contributed by atoms with Gasteiger partial charge in [-0.2, -0.15) is 0 Å². The van der Waals surface area contributed by atoms with Gasteiger partial charge in [0.2, 0.25) is 0 Å². The third kappa shape index (κ3) is 3.57. The van der Waals surface area contributed by atoms with Crippen LogP contribution in [-0.4, -0.2) is 35.0 Å². The highest BCUT2D eigenvalue weighted by atomic mass is 16.5. The van der Waals surface area contributed by atoms with Gasteiger partial charge in [0.15, 0.2) is 0 Å². The normalized spacial score (nSPS) is 43.6. The molecule has 3 saturated carbocycles. The Morgan fingerprint density at radius 2 is 1.74 bits per heavy atom. The SMILES string of the molecule is CC[C@H]1C=C2CC(O)CC[C@]2(C)[C@H]2CC[C@]3(C)C(C4(OC)CCCCC4)=C(CC(=O)O)C[C@H]3[C@H]12. The van der Waals surface area contributed by atoms with Crippen LogP contribution in [0.15, 0.2) is 22.8 Å². The molecule has 0 amide bonds. The van der Waals surface area contributed by atoms with Crippen molar-refractivity contribution in [2.45, 2.75) is 116 Å². The van der Waals surface area contributed by atoms with Gasteiger partial charge in [-0.05, 0) is 97.9 Å². The first-order chi connectivity index (χ1) is 16.2. The van der Waals surface area contributed by atoms with Crippen LogP contribution in [0.1, 0.15) is 104 Å². The maximum absolute atomic E-state index is 12.1. The van der Waals surface area contributed by atoms with Gasteiger partial charge < -0.3 is 14.9 Å². The van der Waals surface area contributed by atoms with Crippen LogP contribution >= 0.6 is 0 Å². The highest BCUT2D eigenvalue weighted by Gasteiger charge is 2.62. The fourth-order valence-corrected chi connectivity index (χ4v) is 9.84. The second-order valence-corrected chi connectivity index (χ2v) is 12.8. The summed E-state index contributed by atoms with van der Waals surface area (Å²) in [5.74, 6) is 1.55. The molecule has 0 aromatic heterocycles. The molecule has 0 aliphatic heterocycles. The fraction of sp³-hybridized carbons (Fsp3) is 0.833. The first-order valence-corrected chi connectivity index (χ1v) is 14.1. The molecule has 0 heterocycles. The van der Waals surface area contributed by atoms with Crippen molar-refractivity contribution in [2.24, 2.45) is 34.5 Å². The van der Waals surface area contributed by atoms with E-state index in [-0.39, 0.29) is 29.0 Å². The monoisotopic (exact) mass is 470 g/mol. The van der Waals surface area contributed by atoms with Gasteiger partial charge in [0, 0.05) is 7.11 Å². The summed E-state index contributed by atoms with van der Waals surface area (Å²) in [6.07, 6.45) is 15.5. The largest absolute Gasteiger partial charge is 0.481 e. The van der Waals surface area contributed by atoms with Crippen molar-refractivity contribution in [1.82, 2.24) is 0 Å². The molecule has 4 nitrogen and oxygen atoms in total. The second-order valence-electron chi connectivity index (χ2n) is 12.8. The Labute approximate surface area is 206 Å². The summed E-state index contributed by atoms with van der Waals surface area (Å²) >= 11 is 0. The molecule has 3 fully saturated rings. The third-order valence-corrected chi connectivity index (χ3v) is 11.4. The number of aliphatic carboxylic acids is 1. The maximum Gasteiger partial charge on any atom is 0.307 e. The number of hydrogen-bond acceptors (Lipinski definition) is 3. The number of methoxy groups -OCH3 is 1. The number of carboxylic acids is 1. The summed E-state index contributed by atoms with van der Waals surface area (Å²) in [7, 11) is 1.87. The Bertz CT molecular complexity index is 880. The molecule has 5 aliphatic rings. The van der Waals surface area contributed by atoms with Crippen molar-refractivity contribution in [1.29, 1.82) is 0 Å². The number of aliphatic hydroxyl groups excluding tert-OH is 1. The highest BCUT2D eigenvalue weighted by Crippen LogP contribution is 2.69. The molecule has 0 radical (unpaired) electrons. The fourth-order valence-electron chi connectivity index (χ4n) is 9.84. The number of ether oxygens (including phenoxy) is 1. The van der Waals surface area contributed by atoms with Crippen molar-refractivity contribution < 1.29 is 19.7 Å². The van der Waals surface area contributed by atoms with Crippen LogP contribution in [0.4, 0.5) is 0 Å². The summed E-state index contributed by atoms with van der Waals surface area (Å²) in [6, 6.07) is 0. The van der Waals surface area contributed by atoms with Gasteiger partial charge >= 0.3 is 5.97 Å². The smallest absolute Gasteiger partial charge is 0.307 e. The molecule has 0 spiro atoms. The minimum absolute atomic E-state index is 0.0304. The number of hydrogen-bond donors (Lipinski definition) is 2. The Morgan fingerprint density at radius 1 is 1.03 bits per heavy atom. The molecule has 7 atom stereocenters. The summed E-state index contributed by atoms with van der Waals surface area (Å²) in [5, 5.41) is 20.4. The van der Waals surface area contributed by atoms with Gasteiger partial charge in [-0.1, -0.05) is 57.3 Å². The highest BCUT2D eigenvalue weighted by molar-refractivity contribution is 5.71. The molecule has 190 valence electrons. The van der Waals surface area contributed by atoms with Crippen LogP contribution < -0.4 is 0 Å². The van der Waals surface area contributed by atoms with Crippen LogP contribution in [0, 0.1) is 34.5 Å². The molecule has 5 rings (SSSR count). The number of allylic oxidation sites excluding steroid dienone is 1. The van der Waals surface area contributed by atoms with E-state index in [9.17, 15) is 15.0 Å². The van der Waals surface area contributed by atoms with E-state index < -0.39 is 5.97 Å². The molecule has 0 bridgehead atoms. The minimum atomic E-state index is -0.695. The van der Waals surface area contributed by atoms with Crippen LogP contribution in [0.25, 0.3) is 0 Å². The van der Waals surface area contributed by atoms with Crippen LogP contribution in [0.5, 0.6) is 0 Å². The minimum Gasteiger partial charge on any atom is -0.481 e. The second kappa shape index (κ2) is 8.76. The number of fused-ring (bicyclic) bond motifs is 5. The van der Waals surface area contributed by atoms with E-state index in [2.05, 4.69) is 26.8 Å². The standard InChI is InChI=1S/C30H46O4/c1-5-19-15-21-18-22(31)9-13-28(21,2)23-10-14-29(3)24(26(19)23)16-20(17-25(32)33)27(29)30(34-4)11-7-6-8-12-30/h15,19,22-24,26,31H,5-14,16-18H2,1-4H3,(H,32,33)/t19-,22?,23-,24-,26+,28-,29-/m0/s1. The van der Waals surface area contributed by atoms with Crippen molar-refractivity contribution in [2.75, 3.05) is 7.11 Å². The van der Waals surface area contributed by atoms with Gasteiger partial charge in [0.25, 0.3) is 0 Å². The first-order valence-electron chi connectivity index (χ1n) is 14.1. The molecule has 34 heavy (non-hydrogen) atoms. The summed E-state index contributed by atoms with van der Waals surface area (Å²) < 4.78 is 6.40. The molecular formula is C30H46O4. The molecule has 5 aliphatic carbocycles. The lowest BCUT2D eigenvalue weighted by Crippen LogP contribution is -2.54. The Balaban J connectivity index is 1.59. The lowest BCUT2D eigenvalue weighted by atomic mass is 9.44. The van der Waals surface area contributed by atoms with Crippen molar-refractivity contribution >= 4 is 5.97 Å². The predicted octanol–water partition coefficient (Wildman–Crippen LogP) is 6.68. The molecule has 0 saturated heterocycles. The average molecular weight is 471 g/mol. The topological polar surface area (TPSA) is 66.8 Å². The zero-order valence-corrected chi connectivity index (χ0v) is 21.9. The molecule has 4 heteroatoms. The van der Waals surface area contributed by atoms with Gasteiger partial charge in [-0.3, -0.25) is 4.79 Å². The van der Waals surface area contributed by atoms with Gasteiger partial charge in [-0.25, -0.2) is 0 Å². The average Bonchev–Trinajstić information content (AvgIpc) is 3.11. The zero-order chi connectivity index (χ0) is 24.3. The van der Waals surface area contributed by atoms with Gasteiger partial charge in [0.1, 0.15) is 0 Å². The van der Waals surface area contributed by atoms with E-state index in [1.807, 2.05) is 7.11 Å². The van der Waals surface area contributed by atoms with Crippen LogP contribution in [-0.2, 0) is 9.53 Å². The van der Waals surface area contributed by atoms with E-state index in [1.165, 1.54) is 42.4 Å². The van der Waals surface area contributed by atoms with Gasteiger partial charge in [0.05, 0.1) is 18.1 Å². The predicted molar refractivity (Wildman–Crippen MR) is 134 cm³/mol. The Kier molecular flexibility index (Phi) is 6.33. The summed E-state index contributed by atoms with van der Waals surface area (Å²) in [4.78, 5) is 12.1. The van der Waals surface area contributed by atoms with Crippen molar-refractivity contribution in [3.05, 3.63) is 22.8 Å². The van der Waals surface area contributed by atoms with E-state index in [4.69, 9.17) is 4.74 Å². The quantitative estimate of drug-likeness (QED) is 0.440. The van der Waals surface area contributed by atoms with Crippen molar-refractivity contribution in [3.8, 4) is 0 Å². The molecule has 0 aromatic carbocycles. The molecule has 0 aromatic rings. The third-order valence-electron chi connectivity index (χ3n) is 11.4. The maximum atomic E-state index is 12.1. The molecular weight excluding hydrogens is 424 g/mol. The van der Waals surface area contributed by atoms with Crippen LogP contribution in [0.3, 0.4) is 0 Å². The number of aliphatic hydroxyl groups is 1. The summed E-state index contributed by atoms with van der Waals surface area (Å²) in [5.41, 5.74) is 4.06. The van der Waals surface area contributed by atoms with E-state index in [1.54, 1.807) is 0 Å². The lowest BCUT2D eigenvalue weighted by Gasteiger charge is -2.60. The Morgan fingerprint density at radius 3 is 2.38 bits per heavy atom. The number of carboxylic acid groups (broad SMARTS) is 1. The van der Waals surface area contributed by atoms with E-state index in [0.717, 1.165) is 51.4 Å². The summed E-state index contributed by atoms with van der Waals surface area (Å²) in [6.45, 7) is 7.29. The van der Waals surface area contributed by atoms with Crippen LogP contribution in [0.2, 0.25) is 0 Å².